The number of para-hydroxylation sites is 1. The van der Waals surface area contributed by atoms with Crippen LogP contribution >= 0.6 is 0 Å². The first kappa shape index (κ1) is 13.8. The quantitative estimate of drug-likeness (QED) is 0.647. The van der Waals surface area contributed by atoms with E-state index in [0.29, 0.717) is 27.8 Å². The van der Waals surface area contributed by atoms with Crippen LogP contribution < -0.4 is 11.0 Å². The molecular weight excluding hydrogens is 282 g/mol. The third-order valence-electron chi connectivity index (χ3n) is 3.35. The number of benzene rings is 2. The fraction of sp³-hybridized carbons (Fsp3) is 0.0625. The van der Waals surface area contributed by atoms with Gasteiger partial charge >= 0.3 is 5.69 Å². The van der Waals surface area contributed by atoms with E-state index in [1.807, 2.05) is 0 Å². The maximum absolute atomic E-state index is 12.3. The van der Waals surface area contributed by atoms with Crippen molar-refractivity contribution in [2.24, 2.45) is 0 Å². The van der Waals surface area contributed by atoms with E-state index < -0.39 is 0 Å². The van der Waals surface area contributed by atoms with Gasteiger partial charge in [-0.25, -0.2) is 4.79 Å². The molecule has 0 unspecified atom stereocenters. The number of imidazole rings is 1. The predicted molar refractivity (Wildman–Crippen MR) is 83.3 cm³/mol. The molecule has 0 atom stereocenters. The highest BCUT2D eigenvalue weighted by Crippen LogP contribution is 2.16. The number of carbonyl (C=O) groups excluding carboxylic acids is 2. The van der Waals surface area contributed by atoms with Crippen LogP contribution in [0.3, 0.4) is 0 Å². The third kappa shape index (κ3) is 2.54. The fourth-order valence-corrected chi connectivity index (χ4v) is 2.23. The summed E-state index contributed by atoms with van der Waals surface area (Å²) in [6, 6.07) is 11.7. The minimum Gasteiger partial charge on any atom is -0.322 e. The molecule has 0 aliphatic rings. The van der Waals surface area contributed by atoms with Crippen molar-refractivity contribution in [3.8, 4) is 0 Å². The van der Waals surface area contributed by atoms with Gasteiger partial charge in [0.25, 0.3) is 5.91 Å². The first-order valence-corrected chi connectivity index (χ1v) is 6.68. The molecule has 0 spiro atoms. The van der Waals surface area contributed by atoms with Crippen LogP contribution in [-0.2, 0) is 0 Å². The van der Waals surface area contributed by atoms with E-state index >= 15 is 0 Å². The lowest BCUT2D eigenvalue weighted by Crippen LogP contribution is -2.12. The minimum absolute atomic E-state index is 0.0347. The van der Waals surface area contributed by atoms with Gasteiger partial charge in [-0.05, 0) is 43.3 Å². The summed E-state index contributed by atoms with van der Waals surface area (Å²) in [7, 11) is 0. The molecule has 0 bridgehead atoms. The average molecular weight is 295 g/mol. The zero-order valence-corrected chi connectivity index (χ0v) is 11.8. The third-order valence-corrected chi connectivity index (χ3v) is 3.35. The number of aromatic amines is 2. The number of rotatable bonds is 3. The first-order chi connectivity index (χ1) is 10.5. The van der Waals surface area contributed by atoms with Crippen LogP contribution in [0, 0.1) is 0 Å². The largest absolute Gasteiger partial charge is 0.323 e. The standard InChI is InChI=1S/C16H13N3O3/c1-9(20)10-5-7-11(8-6-10)17-15(21)12-3-2-4-13-14(12)19-16(22)18-13/h2-8H,1H3,(H,17,21)(H2,18,19,22). The number of aromatic nitrogens is 2. The van der Waals surface area contributed by atoms with Gasteiger partial charge in [-0.15, -0.1) is 0 Å². The summed E-state index contributed by atoms with van der Waals surface area (Å²) in [5.74, 6) is -0.371. The highest BCUT2D eigenvalue weighted by Gasteiger charge is 2.12. The number of Topliss-reactive ketones (excluding diaryl/α,β-unsaturated/α-hetero) is 1. The summed E-state index contributed by atoms with van der Waals surface area (Å²) in [5, 5.41) is 2.74. The van der Waals surface area contributed by atoms with Gasteiger partial charge in [0.1, 0.15) is 0 Å². The van der Waals surface area contributed by atoms with Gasteiger partial charge in [0.05, 0.1) is 16.6 Å². The van der Waals surface area contributed by atoms with Crippen LogP contribution in [0.5, 0.6) is 0 Å². The molecule has 0 aliphatic heterocycles. The lowest BCUT2D eigenvalue weighted by Gasteiger charge is -2.06. The lowest BCUT2D eigenvalue weighted by atomic mass is 10.1. The Hall–Kier alpha value is -3.15. The van der Waals surface area contributed by atoms with Crippen molar-refractivity contribution in [2.75, 3.05) is 5.32 Å². The van der Waals surface area contributed by atoms with E-state index in [2.05, 4.69) is 15.3 Å². The summed E-state index contributed by atoms with van der Waals surface area (Å²) in [4.78, 5) is 40.1. The summed E-state index contributed by atoms with van der Waals surface area (Å²) >= 11 is 0. The van der Waals surface area contributed by atoms with Crippen molar-refractivity contribution >= 4 is 28.4 Å². The van der Waals surface area contributed by atoms with Gasteiger partial charge in [0.15, 0.2) is 5.78 Å². The Morgan fingerprint density at radius 3 is 2.41 bits per heavy atom. The molecule has 0 aliphatic carbocycles. The number of hydrogen-bond acceptors (Lipinski definition) is 3. The number of amides is 1. The molecule has 0 radical (unpaired) electrons. The molecule has 22 heavy (non-hydrogen) atoms. The van der Waals surface area contributed by atoms with E-state index in [4.69, 9.17) is 0 Å². The first-order valence-electron chi connectivity index (χ1n) is 6.68. The number of H-pyrrole nitrogens is 2. The van der Waals surface area contributed by atoms with Crippen LogP contribution in [0.2, 0.25) is 0 Å². The Bertz CT molecular complexity index is 920. The molecular formula is C16H13N3O3. The highest BCUT2D eigenvalue weighted by molar-refractivity contribution is 6.11. The predicted octanol–water partition coefficient (Wildman–Crippen LogP) is 2.31. The van der Waals surface area contributed by atoms with Crippen molar-refractivity contribution < 1.29 is 9.59 Å². The Morgan fingerprint density at radius 1 is 1.00 bits per heavy atom. The number of fused-ring (bicyclic) bond motifs is 1. The summed E-state index contributed by atoms with van der Waals surface area (Å²) in [6.45, 7) is 1.48. The van der Waals surface area contributed by atoms with Crippen molar-refractivity contribution in [3.63, 3.8) is 0 Å². The Balaban J connectivity index is 1.90. The summed E-state index contributed by atoms with van der Waals surface area (Å²) in [6.07, 6.45) is 0. The molecule has 0 fully saturated rings. The smallest absolute Gasteiger partial charge is 0.322 e. The normalized spacial score (nSPS) is 10.6. The number of carbonyl (C=O) groups is 2. The zero-order chi connectivity index (χ0) is 15.7. The molecule has 0 saturated carbocycles. The molecule has 1 aromatic heterocycles. The van der Waals surface area contributed by atoms with Crippen LogP contribution in [0.1, 0.15) is 27.6 Å². The minimum atomic E-state index is -0.360. The van der Waals surface area contributed by atoms with E-state index in [1.165, 1.54) is 6.92 Å². The topological polar surface area (TPSA) is 94.8 Å². The van der Waals surface area contributed by atoms with E-state index in [1.54, 1.807) is 42.5 Å². The maximum Gasteiger partial charge on any atom is 0.323 e. The summed E-state index contributed by atoms with van der Waals surface area (Å²) < 4.78 is 0. The van der Waals surface area contributed by atoms with Crippen LogP contribution in [-0.4, -0.2) is 21.7 Å². The van der Waals surface area contributed by atoms with Crippen molar-refractivity contribution in [3.05, 3.63) is 64.1 Å². The van der Waals surface area contributed by atoms with Crippen molar-refractivity contribution in [1.29, 1.82) is 0 Å². The zero-order valence-electron chi connectivity index (χ0n) is 11.8. The molecule has 3 N–H and O–H groups in total. The maximum atomic E-state index is 12.3. The Kier molecular flexibility index (Phi) is 3.34. The molecule has 1 amide bonds. The molecule has 2 aromatic carbocycles. The van der Waals surface area contributed by atoms with Crippen LogP contribution in [0.4, 0.5) is 5.69 Å². The van der Waals surface area contributed by atoms with Crippen molar-refractivity contribution in [2.45, 2.75) is 6.92 Å². The second kappa shape index (κ2) is 5.33. The van der Waals surface area contributed by atoms with Gasteiger partial charge in [0.2, 0.25) is 0 Å². The monoisotopic (exact) mass is 295 g/mol. The Labute approximate surface area is 125 Å². The summed E-state index contributed by atoms with van der Waals surface area (Å²) in [5.41, 5.74) is 2.20. The van der Waals surface area contributed by atoms with E-state index in [-0.39, 0.29) is 17.4 Å². The lowest BCUT2D eigenvalue weighted by molar-refractivity contribution is 0.101. The molecule has 110 valence electrons. The SMILES string of the molecule is CC(=O)c1ccc(NC(=O)c2cccc3[nH]c(=O)[nH]c23)cc1. The number of anilines is 1. The van der Waals surface area contributed by atoms with Crippen LogP contribution in [0.15, 0.2) is 47.3 Å². The molecule has 6 heteroatoms. The highest BCUT2D eigenvalue weighted by atomic mass is 16.2. The van der Waals surface area contributed by atoms with Gasteiger partial charge in [-0.3, -0.25) is 9.59 Å². The molecule has 3 rings (SSSR count). The second-order valence-corrected chi connectivity index (χ2v) is 4.89. The van der Waals surface area contributed by atoms with Gasteiger partial charge in [-0.1, -0.05) is 6.07 Å². The van der Waals surface area contributed by atoms with Gasteiger partial charge in [-0.2, -0.15) is 0 Å². The number of hydrogen-bond donors (Lipinski definition) is 3. The van der Waals surface area contributed by atoms with Gasteiger partial charge < -0.3 is 15.3 Å². The average Bonchev–Trinajstić information content (AvgIpc) is 2.87. The number of nitrogens with one attached hydrogen (secondary N) is 3. The molecule has 1 heterocycles. The van der Waals surface area contributed by atoms with E-state index in [0.717, 1.165) is 0 Å². The number of ketones is 1. The Morgan fingerprint density at radius 2 is 1.73 bits per heavy atom. The molecule has 3 aromatic rings. The fourth-order valence-electron chi connectivity index (χ4n) is 2.23. The van der Waals surface area contributed by atoms with Crippen molar-refractivity contribution in [1.82, 2.24) is 9.97 Å². The molecule has 0 saturated heterocycles. The second-order valence-electron chi connectivity index (χ2n) is 4.89. The van der Waals surface area contributed by atoms with Crippen LogP contribution in [0.25, 0.3) is 11.0 Å². The molecule has 6 nitrogen and oxygen atoms in total. The van der Waals surface area contributed by atoms with Gasteiger partial charge in [0, 0.05) is 11.3 Å². The van der Waals surface area contributed by atoms with E-state index in [9.17, 15) is 14.4 Å².